The van der Waals surface area contributed by atoms with Gasteiger partial charge in [0.15, 0.2) is 17.1 Å². The van der Waals surface area contributed by atoms with Gasteiger partial charge in [0.05, 0.1) is 0 Å². The molecule has 5 nitrogen and oxygen atoms in total. The molecule has 1 aromatic heterocycles. The Hall–Kier alpha value is -1.63. The maximum absolute atomic E-state index is 10.9. The SMILES string of the molecule is Nc1nc(C(C=O)=NOCc2cc(Cl)ccc2Cl)cs1. The molecule has 0 unspecified atom stereocenters. The van der Waals surface area contributed by atoms with E-state index in [1.807, 2.05) is 0 Å². The Bertz CT molecular complexity index is 658. The average molecular weight is 330 g/mol. The third kappa shape index (κ3) is 3.69. The summed E-state index contributed by atoms with van der Waals surface area (Å²) < 4.78 is 0. The molecular formula is C12H9Cl2N3O2S. The van der Waals surface area contributed by atoms with Gasteiger partial charge < -0.3 is 10.6 Å². The summed E-state index contributed by atoms with van der Waals surface area (Å²) in [5.41, 5.74) is 6.60. The van der Waals surface area contributed by atoms with Gasteiger partial charge in [-0.25, -0.2) is 4.98 Å². The van der Waals surface area contributed by atoms with Crippen molar-refractivity contribution in [2.45, 2.75) is 6.61 Å². The van der Waals surface area contributed by atoms with E-state index in [9.17, 15) is 4.79 Å². The van der Waals surface area contributed by atoms with Crippen LogP contribution in [-0.2, 0) is 16.2 Å². The minimum absolute atomic E-state index is 0.0658. The highest BCUT2D eigenvalue weighted by Crippen LogP contribution is 2.21. The van der Waals surface area contributed by atoms with E-state index in [1.54, 1.807) is 23.6 Å². The molecule has 0 fully saturated rings. The van der Waals surface area contributed by atoms with Crippen molar-refractivity contribution in [1.29, 1.82) is 0 Å². The predicted molar refractivity (Wildman–Crippen MR) is 80.4 cm³/mol. The first-order chi connectivity index (χ1) is 9.60. The Morgan fingerprint density at radius 1 is 1.50 bits per heavy atom. The third-order valence-corrected chi connectivity index (χ3v) is 3.56. The van der Waals surface area contributed by atoms with Crippen LogP contribution >= 0.6 is 34.5 Å². The highest BCUT2D eigenvalue weighted by Gasteiger charge is 2.08. The van der Waals surface area contributed by atoms with E-state index in [0.29, 0.717) is 32.7 Å². The molecule has 104 valence electrons. The predicted octanol–water partition coefficient (Wildman–Crippen LogP) is 3.15. The zero-order chi connectivity index (χ0) is 14.5. The van der Waals surface area contributed by atoms with Crippen molar-refractivity contribution in [1.82, 2.24) is 4.98 Å². The van der Waals surface area contributed by atoms with Gasteiger partial charge in [-0.2, -0.15) is 0 Å². The molecule has 0 radical (unpaired) electrons. The molecule has 2 aromatic rings. The molecule has 0 amide bonds. The number of hydrogen-bond acceptors (Lipinski definition) is 6. The molecule has 0 aliphatic carbocycles. The van der Waals surface area contributed by atoms with Crippen LogP contribution in [0, 0.1) is 0 Å². The lowest BCUT2D eigenvalue weighted by atomic mass is 10.2. The summed E-state index contributed by atoms with van der Waals surface area (Å²) in [6.45, 7) is 0.0936. The molecular weight excluding hydrogens is 321 g/mol. The van der Waals surface area contributed by atoms with Crippen molar-refractivity contribution in [3.8, 4) is 0 Å². The number of carbonyl (C=O) groups is 1. The smallest absolute Gasteiger partial charge is 0.180 e. The summed E-state index contributed by atoms with van der Waals surface area (Å²) in [6.07, 6.45) is 0.550. The summed E-state index contributed by atoms with van der Waals surface area (Å²) in [7, 11) is 0. The normalized spacial score (nSPS) is 11.4. The van der Waals surface area contributed by atoms with Gasteiger partial charge >= 0.3 is 0 Å². The molecule has 0 atom stereocenters. The standard InChI is InChI=1S/C12H9Cl2N3O2S/c13-8-1-2-9(14)7(3-8)5-19-17-10(4-18)11-6-20-12(15)16-11/h1-4,6H,5H2,(H2,15,16). The molecule has 1 aromatic carbocycles. The number of nitrogens with two attached hydrogens (primary N) is 1. The molecule has 0 aliphatic rings. The highest BCUT2D eigenvalue weighted by molar-refractivity contribution is 7.13. The zero-order valence-electron chi connectivity index (χ0n) is 10.0. The van der Waals surface area contributed by atoms with Gasteiger partial charge in [-0.05, 0) is 18.2 Å². The van der Waals surface area contributed by atoms with Crippen molar-refractivity contribution in [2.24, 2.45) is 5.16 Å². The molecule has 1 heterocycles. The van der Waals surface area contributed by atoms with Gasteiger partial charge in [-0.3, -0.25) is 4.79 Å². The number of anilines is 1. The van der Waals surface area contributed by atoms with E-state index in [-0.39, 0.29) is 12.3 Å². The first kappa shape index (κ1) is 14.8. The van der Waals surface area contributed by atoms with Crippen LogP contribution in [0.15, 0.2) is 28.7 Å². The van der Waals surface area contributed by atoms with Gasteiger partial charge in [0, 0.05) is 21.0 Å². The van der Waals surface area contributed by atoms with Gasteiger partial charge in [0.1, 0.15) is 12.3 Å². The first-order valence-corrected chi connectivity index (χ1v) is 7.04. The number of aldehydes is 1. The molecule has 20 heavy (non-hydrogen) atoms. The van der Waals surface area contributed by atoms with Crippen LogP contribution in [-0.4, -0.2) is 17.0 Å². The van der Waals surface area contributed by atoms with E-state index in [2.05, 4.69) is 10.1 Å². The fourth-order valence-corrected chi connectivity index (χ4v) is 2.28. The maximum Gasteiger partial charge on any atom is 0.180 e. The molecule has 2 N–H and O–H groups in total. The second-order valence-corrected chi connectivity index (χ2v) is 5.41. The Morgan fingerprint density at radius 3 is 2.95 bits per heavy atom. The first-order valence-electron chi connectivity index (χ1n) is 5.40. The van der Waals surface area contributed by atoms with E-state index in [1.165, 1.54) is 11.3 Å². The van der Waals surface area contributed by atoms with Crippen molar-refractivity contribution in [2.75, 3.05) is 5.73 Å². The summed E-state index contributed by atoms with van der Waals surface area (Å²) in [4.78, 5) is 20.0. The summed E-state index contributed by atoms with van der Waals surface area (Å²) in [6, 6.07) is 5.00. The second-order valence-electron chi connectivity index (χ2n) is 3.67. The molecule has 0 bridgehead atoms. The van der Waals surface area contributed by atoms with Crippen LogP contribution in [0.1, 0.15) is 11.3 Å². The number of aromatic nitrogens is 1. The summed E-state index contributed by atoms with van der Waals surface area (Å²) in [5, 5.41) is 6.76. The fourth-order valence-electron chi connectivity index (χ4n) is 1.36. The number of benzene rings is 1. The number of hydrogen-bond donors (Lipinski definition) is 1. The van der Waals surface area contributed by atoms with Gasteiger partial charge in [0.25, 0.3) is 0 Å². The molecule has 8 heteroatoms. The van der Waals surface area contributed by atoms with E-state index in [4.69, 9.17) is 33.8 Å². The number of thiazole rings is 1. The lowest BCUT2D eigenvalue weighted by molar-refractivity contribution is -0.102. The van der Waals surface area contributed by atoms with Crippen molar-refractivity contribution < 1.29 is 9.63 Å². The van der Waals surface area contributed by atoms with Crippen molar-refractivity contribution in [3.63, 3.8) is 0 Å². The average Bonchev–Trinajstić information content (AvgIpc) is 2.85. The second kappa shape index (κ2) is 6.69. The van der Waals surface area contributed by atoms with E-state index >= 15 is 0 Å². The van der Waals surface area contributed by atoms with Gasteiger partial charge in [-0.15, -0.1) is 11.3 Å². The third-order valence-electron chi connectivity index (χ3n) is 2.29. The van der Waals surface area contributed by atoms with Crippen molar-refractivity contribution >= 4 is 51.7 Å². The molecule has 0 saturated heterocycles. The van der Waals surface area contributed by atoms with Crippen LogP contribution in [0.25, 0.3) is 0 Å². The number of carbonyl (C=O) groups excluding carboxylic acids is 1. The Labute approximate surface area is 129 Å². The number of halogens is 2. The zero-order valence-corrected chi connectivity index (χ0v) is 12.4. The van der Waals surface area contributed by atoms with Crippen LogP contribution in [0.2, 0.25) is 10.0 Å². The molecule has 0 saturated carbocycles. The fraction of sp³-hybridized carbons (Fsp3) is 0.0833. The van der Waals surface area contributed by atoms with Gasteiger partial charge in [-0.1, -0.05) is 28.4 Å². The summed E-state index contributed by atoms with van der Waals surface area (Å²) in [5.74, 6) is 0. The molecule has 2 rings (SSSR count). The minimum atomic E-state index is 0.0658. The van der Waals surface area contributed by atoms with E-state index in [0.717, 1.165) is 0 Å². The summed E-state index contributed by atoms with van der Waals surface area (Å²) >= 11 is 13.1. The Morgan fingerprint density at radius 2 is 2.30 bits per heavy atom. The Kier molecular flexibility index (Phi) is 4.94. The van der Waals surface area contributed by atoms with E-state index < -0.39 is 0 Å². The highest BCUT2D eigenvalue weighted by atomic mass is 35.5. The number of nitrogens with zero attached hydrogens (tertiary/aromatic N) is 2. The van der Waals surface area contributed by atoms with Crippen LogP contribution in [0.5, 0.6) is 0 Å². The van der Waals surface area contributed by atoms with Crippen LogP contribution in [0.3, 0.4) is 0 Å². The minimum Gasteiger partial charge on any atom is -0.390 e. The number of nitrogen functional groups attached to an aromatic ring is 1. The Balaban J connectivity index is 2.08. The lowest BCUT2D eigenvalue weighted by Gasteiger charge is -2.03. The lowest BCUT2D eigenvalue weighted by Crippen LogP contribution is -2.04. The maximum atomic E-state index is 10.9. The van der Waals surface area contributed by atoms with Gasteiger partial charge in [0.2, 0.25) is 0 Å². The largest absolute Gasteiger partial charge is 0.390 e. The van der Waals surface area contributed by atoms with Crippen LogP contribution < -0.4 is 5.73 Å². The number of oxime groups is 1. The molecule has 0 aliphatic heterocycles. The van der Waals surface area contributed by atoms with Crippen molar-refractivity contribution in [3.05, 3.63) is 44.9 Å². The topological polar surface area (TPSA) is 77.6 Å². The number of rotatable bonds is 5. The van der Waals surface area contributed by atoms with Crippen LogP contribution in [0.4, 0.5) is 5.13 Å². The monoisotopic (exact) mass is 329 g/mol. The molecule has 0 spiro atoms. The quantitative estimate of drug-likeness (QED) is 0.519.